The molecule has 1 aromatic heterocycles. The Bertz CT molecular complexity index is 1490. The van der Waals surface area contributed by atoms with Crippen molar-refractivity contribution in [1.82, 2.24) is 20.1 Å². The number of aromatic nitrogens is 1. The lowest BCUT2D eigenvalue weighted by Gasteiger charge is -2.39. The number of hydrogen-bond acceptors (Lipinski definition) is 6. The zero-order valence-electron chi connectivity index (χ0n) is 21.8. The number of para-hydroxylation sites is 1. The first-order valence-electron chi connectivity index (χ1n) is 13.8. The fourth-order valence-corrected chi connectivity index (χ4v) is 6.77. The molecule has 2 aromatic carbocycles. The molecule has 7 rings (SSSR count). The number of carbonyl (C=O) groups excluding carboxylic acids is 3. The predicted octanol–water partition coefficient (Wildman–Crippen LogP) is 3.47. The number of anilines is 1. The van der Waals surface area contributed by atoms with Crippen LogP contribution in [-0.2, 0) is 28.1 Å². The van der Waals surface area contributed by atoms with Crippen LogP contribution in [-0.4, -0.2) is 58.2 Å². The summed E-state index contributed by atoms with van der Waals surface area (Å²) in [4.78, 5) is 45.7. The number of piperidine rings is 2. The Balaban J connectivity index is 1.04. The average Bonchev–Trinajstić information content (AvgIpc) is 3.47. The molecule has 0 aliphatic carbocycles. The number of pyridine rings is 1. The van der Waals surface area contributed by atoms with E-state index in [1.165, 1.54) is 16.8 Å². The molecular formula is C31H31N5O3. The molecule has 0 bridgehead atoms. The highest BCUT2D eigenvalue weighted by molar-refractivity contribution is 6.05. The molecule has 4 aliphatic heterocycles. The molecular weight excluding hydrogens is 490 g/mol. The molecule has 39 heavy (non-hydrogen) atoms. The summed E-state index contributed by atoms with van der Waals surface area (Å²) in [6.07, 6.45) is 4.78. The maximum atomic E-state index is 13.0. The Labute approximate surface area is 227 Å². The van der Waals surface area contributed by atoms with E-state index < -0.39 is 6.04 Å². The lowest BCUT2D eigenvalue weighted by molar-refractivity contribution is -0.136. The molecule has 8 heteroatoms. The van der Waals surface area contributed by atoms with Gasteiger partial charge in [0.05, 0.1) is 5.69 Å². The van der Waals surface area contributed by atoms with Gasteiger partial charge in [-0.1, -0.05) is 24.3 Å². The van der Waals surface area contributed by atoms with Crippen LogP contribution in [0.4, 0.5) is 5.69 Å². The Hall–Kier alpha value is -4.04. The number of nitrogens with one attached hydrogen (secondary N) is 2. The van der Waals surface area contributed by atoms with Crippen molar-refractivity contribution in [2.45, 2.75) is 50.2 Å². The van der Waals surface area contributed by atoms with Crippen molar-refractivity contribution in [3.63, 3.8) is 0 Å². The fraction of sp³-hybridized carbons (Fsp3) is 0.355. The lowest BCUT2D eigenvalue weighted by atomic mass is 9.74. The van der Waals surface area contributed by atoms with Gasteiger partial charge in [0.25, 0.3) is 5.91 Å². The molecule has 1 atom stereocenters. The van der Waals surface area contributed by atoms with Gasteiger partial charge in [0.15, 0.2) is 0 Å². The molecule has 3 aromatic rings. The van der Waals surface area contributed by atoms with E-state index in [9.17, 15) is 14.4 Å². The summed E-state index contributed by atoms with van der Waals surface area (Å²) in [5.41, 5.74) is 7.58. The first-order valence-corrected chi connectivity index (χ1v) is 13.8. The second kappa shape index (κ2) is 9.31. The van der Waals surface area contributed by atoms with Gasteiger partial charge < -0.3 is 10.2 Å². The number of likely N-dealkylation sites (tertiary alicyclic amines) is 1. The maximum absolute atomic E-state index is 13.0. The monoisotopic (exact) mass is 521 g/mol. The van der Waals surface area contributed by atoms with E-state index in [2.05, 4.69) is 56.9 Å². The number of nitrogens with zero attached hydrogens (tertiary/aromatic N) is 3. The molecule has 198 valence electrons. The highest BCUT2D eigenvalue weighted by Gasteiger charge is 2.41. The number of imide groups is 1. The Kier molecular flexibility index (Phi) is 5.74. The van der Waals surface area contributed by atoms with Gasteiger partial charge in [-0.25, -0.2) is 0 Å². The standard InChI is InChI=1S/C31H31N5O3/c37-28-8-7-27(29(38)34-28)36-18-22-16-21(5-6-23(22)30(36)39)26-15-20(9-12-32-26)17-35-13-10-31(11-14-35)19-33-25-4-2-1-3-24(25)31/h1-6,9,12,15-16,27,33H,7-8,10-11,13-14,17-19H2,(H,34,37,38). The second-order valence-corrected chi connectivity index (χ2v) is 11.3. The number of amides is 3. The van der Waals surface area contributed by atoms with E-state index in [4.69, 9.17) is 0 Å². The van der Waals surface area contributed by atoms with E-state index in [1.807, 2.05) is 24.4 Å². The van der Waals surface area contributed by atoms with Gasteiger partial charge in [-0.15, -0.1) is 0 Å². The van der Waals surface area contributed by atoms with Crippen molar-refractivity contribution in [2.24, 2.45) is 0 Å². The lowest BCUT2D eigenvalue weighted by Crippen LogP contribution is -2.52. The van der Waals surface area contributed by atoms with Gasteiger partial charge in [-0.2, -0.15) is 0 Å². The van der Waals surface area contributed by atoms with Crippen molar-refractivity contribution in [1.29, 1.82) is 0 Å². The number of hydrogen-bond donors (Lipinski definition) is 2. The summed E-state index contributed by atoms with van der Waals surface area (Å²) in [7, 11) is 0. The highest BCUT2D eigenvalue weighted by atomic mass is 16.2. The summed E-state index contributed by atoms with van der Waals surface area (Å²) in [6, 6.07) is 18.1. The predicted molar refractivity (Wildman–Crippen MR) is 147 cm³/mol. The molecule has 2 N–H and O–H groups in total. The summed E-state index contributed by atoms with van der Waals surface area (Å²) in [5, 5.41) is 5.97. The van der Waals surface area contributed by atoms with Crippen LogP contribution in [0.15, 0.2) is 60.8 Å². The summed E-state index contributed by atoms with van der Waals surface area (Å²) in [5.74, 6) is -0.826. The van der Waals surface area contributed by atoms with Crippen molar-refractivity contribution >= 4 is 23.4 Å². The SMILES string of the molecule is O=C1CCC(N2Cc3cc(-c4cc(CN5CCC6(CC5)CNc5ccccc56)ccn4)ccc3C2=O)C(=O)N1. The minimum atomic E-state index is -0.607. The molecule has 1 unspecified atom stereocenters. The first-order chi connectivity index (χ1) is 19.0. The van der Waals surface area contributed by atoms with E-state index in [0.717, 1.165) is 55.8 Å². The summed E-state index contributed by atoms with van der Waals surface area (Å²) < 4.78 is 0. The summed E-state index contributed by atoms with van der Waals surface area (Å²) in [6.45, 7) is 4.39. The van der Waals surface area contributed by atoms with Gasteiger partial charge in [0.2, 0.25) is 11.8 Å². The summed E-state index contributed by atoms with van der Waals surface area (Å²) >= 11 is 0. The van der Waals surface area contributed by atoms with Crippen molar-refractivity contribution in [3.8, 4) is 11.3 Å². The quantitative estimate of drug-likeness (QED) is 0.511. The topological polar surface area (TPSA) is 94.6 Å². The number of rotatable bonds is 4. The van der Waals surface area contributed by atoms with Gasteiger partial charge in [-0.3, -0.25) is 29.6 Å². The van der Waals surface area contributed by atoms with E-state index in [-0.39, 0.29) is 29.6 Å². The number of benzene rings is 2. The Morgan fingerprint density at radius 2 is 1.85 bits per heavy atom. The zero-order valence-corrected chi connectivity index (χ0v) is 21.8. The zero-order chi connectivity index (χ0) is 26.6. The van der Waals surface area contributed by atoms with Crippen molar-refractivity contribution in [3.05, 3.63) is 83.0 Å². The molecule has 2 saturated heterocycles. The van der Waals surface area contributed by atoms with Gasteiger partial charge in [0.1, 0.15) is 6.04 Å². The molecule has 3 amide bonds. The third kappa shape index (κ3) is 4.19. The number of fused-ring (bicyclic) bond motifs is 3. The van der Waals surface area contributed by atoms with Gasteiger partial charge >= 0.3 is 0 Å². The first kappa shape index (κ1) is 24.0. The van der Waals surface area contributed by atoms with Gasteiger partial charge in [0, 0.05) is 54.5 Å². The average molecular weight is 522 g/mol. The number of carbonyl (C=O) groups is 3. The Morgan fingerprint density at radius 1 is 1.00 bits per heavy atom. The van der Waals surface area contributed by atoms with Crippen LogP contribution in [0.3, 0.4) is 0 Å². The minimum absolute atomic E-state index is 0.157. The van der Waals surface area contributed by atoms with Crippen LogP contribution >= 0.6 is 0 Å². The molecule has 8 nitrogen and oxygen atoms in total. The van der Waals surface area contributed by atoms with Crippen molar-refractivity contribution < 1.29 is 14.4 Å². The van der Waals surface area contributed by atoms with Crippen LogP contribution in [0.5, 0.6) is 0 Å². The van der Waals surface area contributed by atoms with E-state index in [1.54, 1.807) is 4.90 Å². The molecule has 2 fully saturated rings. The fourth-order valence-electron chi connectivity index (χ4n) is 6.77. The normalized spacial score (nSPS) is 22.0. The molecule has 4 aliphatic rings. The van der Waals surface area contributed by atoms with Crippen LogP contribution in [0, 0.1) is 0 Å². The van der Waals surface area contributed by atoms with Crippen LogP contribution in [0.1, 0.15) is 52.7 Å². The second-order valence-electron chi connectivity index (χ2n) is 11.3. The molecule has 5 heterocycles. The Morgan fingerprint density at radius 3 is 2.69 bits per heavy atom. The van der Waals surface area contributed by atoms with Crippen molar-refractivity contribution in [2.75, 3.05) is 25.0 Å². The highest BCUT2D eigenvalue weighted by Crippen LogP contribution is 2.44. The van der Waals surface area contributed by atoms with Crippen LogP contribution < -0.4 is 10.6 Å². The molecule has 0 radical (unpaired) electrons. The third-order valence-corrected chi connectivity index (χ3v) is 8.98. The smallest absolute Gasteiger partial charge is 0.255 e. The van der Waals surface area contributed by atoms with Crippen LogP contribution in [0.2, 0.25) is 0 Å². The molecule has 0 saturated carbocycles. The third-order valence-electron chi connectivity index (χ3n) is 8.98. The minimum Gasteiger partial charge on any atom is -0.384 e. The maximum Gasteiger partial charge on any atom is 0.255 e. The van der Waals surface area contributed by atoms with E-state index >= 15 is 0 Å². The van der Waals surface area contributed by atoms with Gasteiger partial charge in [-0.05, 0) is 79.4 Å². The largest absolute Gasteiger partial charge is 0.384 e. The van der Waals surface area contributed by atoms with E-state index in [0.29, 0.717) is 18.5 Å². The molecule has 1 spiro atoms. The van der Waals surface area contributed by atoms with Crippen LogP contribution in [0.25, 0.3) is 11.3 Å².